The second-order valence-corrected chi connectivity index (χ2v) is 12.3. The largest absolute Gasteiger partial charge is 0.480 e. The number of fused-ring (bicyclic) bond motifs is 1. The highest BCUT2D eigenvalue weighted by Crippen LogP contribution is 2.54. The van der Waals surface area contributed by atoms with Gasteiger partial charge < -0.3 is 24.2 Å². The molecule has 4 heterocycles. The van der Waals surface area contributed by atoms with Crippen molar-refractivity contribution < 1.29 is 36.2 Å². The molecule has 1 unspecified atom stereocenters. The van der Waals surface area contributed by atoms with Crippen molar-refractivity contribution in [2.75, 3.05) is 23.5 Å². The third-order valence-electron chi connectivity index (χ3n) is 8.83. The zero-order valence-electron chi connectivity index (χ0n) is 25.3. The van der Waals surface area contributed by atoms with E-state index >= 15 is 0 Å². The number of aliphatic hydroxyl groups excluding tert-OH is 1. The lowest BCUT2D eigenvalue weighted by atomic mass is 10.0. The molecule has 3 aromatic heterocycles. The van der Waals surface area contributed by atoms with Crippen LogP contribution in [0.2, 0.25) is 0 Å². The van der Waals surface area contributed by atoms with Gasteiger partial charge >= 0.3 is 12.4 Å². The minimum Gasteiger partial charge on any atom is -0.480 e. The highest BCUT2D eigenvalue weighted by Gasteiger charge is 2.58. The first-order chi connectivity index (χ1) is 22.3. The second kappa shape index (κ2) is 11.1. The van der Waals surface area contributed by atoms with Crippen molar-refractivity contribution in [2.45, 2.75) is 68.7 Å². The molecule has 3 aliphatic rings. The molecule has 0 saturated heterocycles. The van der Waals surface area contributed by atoms with E-state index in [0.717, 1.165) is 30.3 Å². The van der Waals surface area contributed by atoms with Crippen LogP contribution in [0.3, 0.4) is 0 Å². The van der Waals surface area contributed by atoms with Crippen LogP contribution in [-0.2, 0) is 19.8 Å². The van der Waals surface area contributed by atoms with Gasteiger partial charge in [-0.2, -0.15) is 26.3 Å². The standard InChI is InChI=1S/C31H30F6N8O2/c1-43-13-21(31(35,36)37)41-26(43)19-5-3-17(4-6-19)12-44-14-22(46)45(29(9-10-29)15-30(32,33)34)20-11-38-25(42-27(20)44)23-24(18-7-8-18)39-16-40-28(23)47-2/h3-6,11,13,16,18,22,46H,7-10,12,14-15H2,1-2H3. The van der Waals surface area contributed by atoms with E-state index in [9.17, 15) is 31.4 Å². The lowest BCUT2D eigenvalue weighted by molar-refractivity contribution is -0.142. The molecular weight excluding hydrogens is 630 g/mol. The number of ether oxygens (including phenoxy) is 1. The Bertz CT molecular complexity index is 1800. The highest BCUT2D eigenvalue weighted by molar-refractivity contribution is 5.76. The molecular formula is C31H30F6N8O2. The smallest absolute Gasteiger partial charge is 0.434 e. The summed E-state index contributed by atoms with van der Waals surface area (Å²) in [6.07, 6.45) is -5.28. The van der Waals surface area contributed by atoms with Gasteiger partial charge in [0.05, 0.1) is 37.5 Å². The van der Waals surface area contributed by atoms with Crippen LogP contribution in [0.5, 0.6) is 5.88 Å². The summed E-state index contributed by atoms with van der Waals surface area (Å²) in [6.45, 7) is 0.129. The summed E-state index contributed by atoms with van der Waals surface area (Å²) in [5.74, 6) is 1.16. The van der Waals surface area contributed by atoms with Crippen LogP contribution < -0.4 is 14.5 Å². The van der Waals surface area contributed by atoms with E-state index in [1.807, 2.05) is 0 Å². The van der Waals surface area contributed by atoms with Crippen LogP contribution in [0.15, 0.2) is 43.0 Å². The van der Waals surface area contributed by atoms with E-state index in [1.165, 1.54) is 36.1 Å². The molecule has 1 N–H and O–H groups in total. The fraction of sp³-hybridized carbons (Fsp3) is 0.452. The summed E-state index contributed by atoms with van der Waals surface area (Å²) in [7, 11) is 2.95. The van der Waals surface area contributed by atoms with Crippen LogP contribution in [0.1, 0.15) is 55.0 Å². The van der Waals surface area contributed by atoms with Gasteiger partial charge in [-0.05, 0) is 31.2 Å². The molecule has 0 radical (unpaired) electrons. The predicted molar refractivity (Wildman–Crippen MR) is 157 cm³/mol. The normalized spacial score (nSPS) is 19.1. The number of aryl methyl sites for hydroxylation is 1. The van der Waals surface area contributed by atoms with Crippen molar-refractivity contribution in [3.8, 4) is 28.7 Å². The molecule has 2 fully saturated rings. The first-order valence-corrected chi connectivity index (χ1v) is 15.0. The van der Waals surface area contributed by atoms with E-state index in [4.69, 9.17) is 9.72 Å². The van der Waals surface area contributed by atoms with Crippen LogP contribution >= 0.6 is 0 Å². The van der Waals surface area contributed by atoms with Crippen LogP contribution in [0, 0.1) is 0 Å². The quantitative estimate of drug-likeness (QED) is 0.233. The van der Waals surface area contributed by atoms with E-state index in [1.54, 1.807) is 29.2 Å². The summed E-state index contributed by atoms with van der Waals surface area (Å²) in [5.41, 5.74) is 0.381. The third kappa shape index (κ3) is 5.94. The molecule has 0 bridgehead atoms. The molecule has 2 aliphatic carbocycles. The van der Waals surface area contributed by atoms with Crippen LogP contribution in [0.4, 0.5) is 37.8 Å². The fourth-order valence-electron chi connectivity index (χ4n) is 6.41. The molecule has 7 rings (SSSR count). The number of nitrogens with zero attached hydrogens (tertiary/aromatic N) is 8. The molecule has 248 valence electrons. The van der Waals surface area contributed by atoms with Gasteiger partial charge in [0.15, 0.2) is 17.3 Å². The Morgan fingerprint density at radius 3 is 2.32 bits per heavy atom. The van der Waals surface area contributed by atoms with E-state index in [0.29, 0.717) is 16.9 Å². The lowest BCUT2D eigenvalue weighted by Crippen LogP contribution is -2.55. The molecule has 4 aromatic rings. The summed E-state index contributed by atoms with van der Waals surface area (Å²) in [4.78, 5) is 25.0. The maximum absolute atomic E-state index is 13.7. The maximum Gasteiger partial charge on any atom is 0.434 e. The number of aromatic nitrogens is 6. The van der Waals surface area contributed by atoms with Crippen molar-refractivity contribution in [3.63, 3.8) is 0 Å². The number of rotatable bonds is 8. The number of alkyl halides is 6. The van der Waals surface area contributed by atoms with E-state index < -0.39 is 36.2 Å². The summed E-state index contributed by atoms with van der Waals surface area (Å²) >= 11 is 0. The zero-order chi connectivity index (χ0) is 33.3. The Morgan fingerprint density at radius 2 is 1.72 bits per heavy atom. The van der Waals surface area contributed by atoms with E-state index in [2.05, 4.69) is 19.9 Å². The average molecular weight is 661 g/mol. The van der Waals surface area contributed by atoms with Gasteiger partial charge in [-0.3, -0.25) is 0 Å². The number of hydrogen-bond acceptors (Lipinski definition) is 9. The van der Waals surface area contributed by atoms with Crippen molar-refractivity contribution in [3.05, 3.63) is 59.9 Å². The van der Waals surface area contributed by atoms with Crippen LogP contribution in [-0.4, -0.2) is 66.2 Å². The van der Waals surface area contributed by atoms with Gasteiger partial charge in [-0.25, -0.2) is 24.9 Å². The molecule has 1 atom stereocenters. The van der Waals surface area contributed by atoms with Crippen molar-refractivity contribution >= 4 is 11.5 Å². The summed E-state index contributed by atoms with van der Waals surface area (Å²) < 4.78 is 87.6. The molecule has 0 amide bonds. The first-order valence-electron chi connectivity index (χ1n) is 15.0. The monoisotopic (exact) mass is 660 g/mol. The van der Waals surface area contributed by atoms with Crippen molar-refractivity contribution in [1.82, 2.24) is 29.5 Å². The molecule has 16 heteroatoms. The Labute approximate surface area is 265 Å². The molecule has 10 nitrogen and oxygen atoms in total. The Balaban J connectivity index is 1.26. The van der Waals surface area contributed by atoms with Crippen molar-refractivity contribution in [2.24, 2.45) is 7.05 Å². The first kappa shape index (κ1) is 31.1. The predicted octanol–water partition coefficient (Wildman–Crippen LogP) is 5.87. The number of imidazole rings is 1. The molecule has 1 aliphatic heterocycles. The minimum atomic E-state index is -4.58. The highest BCUT2D eigenvalue weighted by atomic mass is 19.4. The van der Waals surface area contributed by atoms with Gasteiger partial charge in [-0.15, -0.1) is 0 Å². The number of hydrogen-bond donors (Lipinski definition) is 1. The minimum absolute atomic E-state index is 0.0585. The zero-order valence-corrected chi connectivity index (χ0v) is 25.3. The topological polar surface area (TPSA) is 105 Å². The third-order valence-corrected chi connectivity index (χ3v) is 8.83. The van der Waals surface area contributed by atoms with Crippen molar-refractivity contribution in [1.29, 1.82) is 0 Å². The summed E-state index contributed by atoms with van der Waals surface area (Å²) in [6, 6.07) is 6.74. The lowest BCUT2D eigenvalue weighted by Gasteiger charge is -2.45. The van der Waals surface area contributed by atoms with Crippen LogP contribution in [0.25, 0.3) is 22.8 Å². The fourth-order valence-corrected chi connectivity index (χ4v) is 6.41. The average Bonchev–Trinajstić information content (AvgIpc) is 3.95. The number of β-amino-alcohol motifs (C(OH)–C–C–N with tert-alkyl or cyclic N) is 1. The molecule has 47 heavy (non-hydrogen) atoms. The molecule has 0 spiro atoms. The Hall–Kier alpha value is -4.47. The SMILES string of the molecule is COc1ncnc(C2CC2)c1-c1ncc2c(n1)N(Cc1ccc(-c3nc(C(F)(F)F)cn3C)cc1)CC(O)N2C1(CC(F)(F)F)CC1. The number of benzene rings is 1. The number of anilines is 2. The van der Waals surface area contributed by atoms with Gasteiger partial charge in [0, 0.05) is 31.3 Å². The number of methoxy groups -OCH3 is 1. The molecule has 2 saturated carbocycles. The van der Waals surface area contributed by atoms with Gasteiger partial charge in [0.2, 0.25) is 5.88 Å². The maximum atomic E-state index is 13.7. The number of aliphatic hydroxyl groups is 1. The van der Waals surface area contributed by atoms with Gasteiger partial charge in [0.1, 0.15) is 29.6 Å². The Kier molecular flexibility index (Phi) is 7.33. The Morgan fingerprint density at radius 1 is 1.00 bits per heavy atom. The summed E-state index contributed by atoms with van der Waals surface area (Å²) in [5, 5.41) is 11.3. The molecule has 1 aromatic carbocycles. The van der Waals surface area contributed by atoms with E-state index in [-0.39, 0.29) is 55.1 Å². The second-order valence-electron chi connectivity index (χ2n) is 12.3. The van der Waals surface area contributed by atoms with Gasteiger partial charge in [0.25, 0.3) is 0 Å². The van der Waals surface area contributed by atoms with Gasteiger partial charge in [-0.1, -0.05) is 24.3 Å². The number of halogens is 6.